The van der Waals surface area contributed by atoms with E-state index >= 15 is 0 Å². The van der Waals surface area contributed by atoms with Crippen LogP contribution in [0.3, 0.4) is 0 Å². The summed E-state index contributed by atoms with van der Waals surface area (Å²) in [5.74, 6) is 5.59. The molecule has 0 aromatic heterocycles. The maximum atomic E-state index is 10.9. The highest BCUT2D eigenvalue weighted by Gasteiger charge is 2.07. The number of hydrazine groups is 1. The molecule has 0 aliphatic heterocycles. The zero-order valence-electron chi connectivity index (χ0n) is 10.8. The first-order chi connectivity index (χ1) is 9.04. The van der Waals surface area contributed by atoms with Gasteiger partial charge in [0.2, 0.25) is 5.91 Å². The number of amides is 1. The normalized spacial score (nSPS) is 10.3. The number of carbonyl (C=O) groups excluding carboxylic acids is 1. The fourth-order valence-corrected chi connectivity index (χ4v) is 2.71. The number of nitrogens with two attached hydrogens (primary N) is 1. The van der Waals surface area contributed by atoms with E-state index in [-0.39, 0.29) is 5.91 Å². The van der Waals surface area contributed by atoms with E-state index in [1.165, 1.54) is 0 Å². The van der Waals surface area contributed by atoms with Crippen molar-refractivity contribution in [2.24, 2.45) is 5.84 Å². The van der Waals surface area contributed by atoms with Gasteiger partial charge >= 0.3 is 0 Å². The lowest BCUT2D eigenvalue weighted by Gasteiger charge is -2.11. The number of aryl methyl sites for hydroxylation is 1. The zero-order valence-corrected chi connectivity index (χ0v) is 13.2. The molecule has 0 saturated heterocycles. The molecule has 1 rings (SSSR count). The van der Waals surface area contributed by atoms with Gasteiger partial charge in [-0.3, -0.25) is 10.2 Å². The molecule has 1 aromatic carbocycles. The first kappa shape index (κ1) is 16.3. The molecule has 0 fully saturated rings. The maximum Gasteiger partial charge on any atom is 0.233 e. The van der Waals surface area contributed by atoms with Crippen LogP contribution in [-0.4, -0.2) is 12.5 Å². The van der Waals surface area contributed by atoms with Crippen LogP contribution in [0.5, 0.6) is 5.75 Å². The van der Waals surface area contributed by atoms with E-state index in [2.05, 4.69) is 21.4 Å². The standard InChI is InChI=1S/C13H18BrClN2O2/c1-9-7-10(14)8-11(15)13(9)19-6-4-2-3-5-12(18)17-16/h7-8H,2-6,16H2,1H3,(H,17,18). The Bertz CT molecular complexity index is 418. The summed E-state index contributed by atoms with van der Waals surface area (Å²) in [5.41, 5.74) is 3.11. The molecule has 0 aliphatic carbocycles. The van der Waals surface area contributed by atoms with Crippen LogP contribution >= 0.6 is 27.5 Å². The van der Waals surface area contributed by atoms with E-state index in [0.717, 1.165) is 35.0 Å². The molecule has 0 saturated carbocycles. The van der Waals surface area contributed by atoms with Gasteiger partial charge in [0, 0.05) is 10.9 Å². The fraction of sp³-hybridized carbons (Fsp3) is 0.462. The van der Waals surface area contributed by atoms with E-state index < -0.39 is 0 Å². The molecule has 0 heterocycles. The van der Waals surface area contributed by atoms with Crippen molar-refractivity contribution >= 4 is 33.4 Å². The Kier molecular flexibility index (Phi) is 7.20. The molecule has 0 atom stereocenters. The molecule has 106 valence electrons. The second kappa shape index (κ2) is 8.40. The first-order valence-corrected chi connectivity index (χ1v) is 7.29. The third-order valence-electron chi connectivity index (χ3n) is 2.65. The SMILES string of the molecule is Cc1cc(Br)cc(Cl)c1OCCCCCC(=O)NN. The number of nitrogens with one attached hydrogen (secondary N) is 1. The summed E-state index contributed by atoms with van der Waals surface area (Å²) >= 11 is 9.50. The van der Waals surface area contributed by atoms with E-state index in [4.69, 9.17) is 22.2 Å². The molecule has 4 nitrogen and oxygen atoms in total. The highest BCUT2D eigenvalue weighted by molar-refractivity contribution is 9.10. The number of carbonyl (C=O) groups is 1. The number of ether oxygens (including phenoxy) is 1. The summed E-state index contributed by atoms with van der Waals surface area (Å²) in [6.45, 7) is 2.55. The lowest BCUT2D eigenvalue weighted by molar-refractivity contribution is -0.121. The second-order valence-electron chi connectivity index (χ2n) is 4.26. The van der Waals surface area contributed by atoms with Gasteiger partial charge in [-0.2, -0.15) is 0 Å². The van der Waals surface area contributed by atoms with Crippen LogP contribution in [0.1, 0.15) is 31.2 Å². The van der Waals surface area contributed by atoms with Gasteiger partial charge in [-0.1, -0.05) is 27.5 Å². The van der Waals surface area contributed by atoms with Gasteiger partial charge < -0.3 is 4.74 Å². The summed E-state index contributed by atoms with van der Waals surface area (Å²) in [4.78, 5) is 10.9. The predicted octanol–water partition coefficient (Wildman–Crippen LogP) is 3.34. The van der Waals surface area contributed by atoms with E-state index in [1.807, 2.05) is 19.1 Å². The second-order valence-corrected chi connectivity index (χ2v) is 5.58. The van der Waals surface area contributed by atoms with E-state index in [1.54, 1.807) is 0 Å². The topological polar surface area (TPSA) is 64.3 Å². The van der Waals surface area contributed by atoms with Crippen LogP contribution in [0.15, 0.2) is 16.6 Å². The Balaban J connectivity index is 2.28. The number of benzene rings is 1. The largest absolute Gasteiger partial charge is 0.492 e. The average molecular weight is 350 g/mol. The molecular formula is C13H18BrClN2O2. The van der Waals surface area contributed by atoms with Crippen LogP contribution < -0.4 is 16.0 Å². The summed E-state index contributed by atoms with van der Waals surface area (Å²) in [6.07, 6.45) is 3.05. The fourth-order valence-electron chi connectivity index (χ4n) is 1.68. The molecule has 3 N–H and O–H groups in total. The summed E-state index contributed by atoms with van der Waals surface area (Å²) in [6, 6.07) is 3.78. The Hall–Kier alpha value is -0.780. The molecule has 0 unspecified atom stereocenters. The molecule has 19 heavy (non-hydrogen) atoms. The minimum Gasteiger partial charge on any atom is -0.492 e. The summed E-state index contributed by atoms with van der Waals surface area (Å²) < 4.78 is 6.62. The molecule has 0 spiro atoms. The van der Waals surface area contributed by atoms with Crippen molar-refractivity contribution in [3.05, 3.63) is 27.2 Å². The van der Waals surface area contributed by atoms with Crippen molar-refractivity contribution in [1.29, 1.82) is 0 Å². The molecule has 0 radical (unpaired) electrons. The quantitative estimate of drug-likeness (QED) is 0.343. The number of hydrogen-bond donors (Lipinski definition) is 2. The van der Waals surface area contributed by atoms with Gasteiger partial charge in [0.25, 0.3) is 0 Å². The number of halogens is 2. The van der Waals surface area contributed by atoms with Crippen LogP contribution in [0.4, 0.5) is 0 Å². The number of unbranched alkanes of at least 4 members (excludes halogenated alkanes) is 2. The monoisotopic (exact) mass is 348 g/mol. The summed E-state index contributed by atoms with van der Waals surface area (Å²) in [7, 11) is 0. The van der Waals surface area contributed by atoms with Gasteiger partial charge in [0.05, 0.1) is 11.6 Å². The van der Waals surface area contributed by atoms with Gasteiger partial charge in [-0.25, -0.2) is 5.84 Å². The van der Waals surface area contributed by atoms with Crippen molar-refractivity contribution in [2.75, 3.05) is 6.61 Å². The molecule has 0 aliphatic rings. The van der Waals surface area contributed by atoms with Gasteiger partial charge in [-0.05, 0) is 43.9 Å². The van der Waals surface area contributed by atoms with E-state index in [9.17, 15) is 4.79 Å². The van der Waals surface area contributed by atoms with Gasteiger partial charge in [-0.15, -0.1) is 0 Å². The minimum absolute atomic E-state index is 0.132. The van der Waals surface area contributed by atoms with Crippen LogP contribution in [0, 0.1) is 6.92 Å². The lowest BCUT2D eigenvalue weighted by Crippen LogP contribution is -2.29. The molecule has 0 bridgehead atoms. The average Bonchev–Trinajstić information content (AvgIpc) is 2.35. The highest BCUT2D eigenvalue weighted by Crippen LogP contribution is 2.32. The lowest BCUT2D eigenvalue weighted by atomic mass is 10.2. The molecule has 1 aromatic rings. The Morgan fingerprint density at radius 3 is 2.79 bits per heavy atom. The Morgan fingerprint density at radius 2 is 2.16 bits per heavy atom. The van der Waals surface area contributed by atoms with Crippen molar-refractivity contribution in [1.82, 2.24) is 5.43 Å². The summed E-state index contributed by atoms with van der Waals surface area (Å²) in [5, 5.41) is 0.606. The van der Waals surface area contributed by atoms with Crippen LogP contribution in [0.2, 0.25) is 5.02 Å². The van der Waals surface area contributed by atoms with Crippen LogP contribution in [0.25, 0.3) is 0 Å². The van der Waals surface area contributed by atoms with Crippen molar-refractivity contribution in [3.63, 3.8) is 0 Å². The van der Waals surface area contributed by atoms with Gasteiger partial charge in [0.1, 0.15) is 5.75 Å². The van der Waals surface area contributed by atoms with Crippen molar-refractivity contribution < 1.29 is 9.53 Å². The third kappa shape index (κ3) is 5.80. The Morgan fingerprint density at radius 1 is 1.42 bits per heavy atom. The molecule has 1 amide bonds. The smallest absolute Gasteiger partial charge is 0.233 e. The molecular weight excluding hydrogens is 332 g/mol. The van der Waals surface area contributed by atoms with Gasteiger partial charge in [0.15, 0.2) is 0 Å². The number of rotatable bonds is 7. The molecule has 6 heteroatoms. The van der Waals surface area contributed by atoms with Crippen molar-refractivity contribution in [3.8, 4) is 5.75 Å². The van der Waals surface area contributed by atoms with E-state index in [0.29, 0.717) is 18.1 Å². The maximum absolute atomic E-state index is 10.9. The zero-order chi connectivity index (χ0) is 14.3. The Labute approximate surface area is 126 Å². The highest BCUT2D eigenvalue weighted by atomic mass is 79.9. The first-order valence-electron chi connectivity index (χ1n) is 6.12. The predicted molar refractivity (Wildman–Crippen MR) is 80.2 cm³/mol. The minimum atomic E-state index is -0.132. The third-order valence-corrected chi connectivity index (χ3v) is 3.39. The van der Waals surface area contributed by atoms with Crippen molar-refractivity contribution in [2.45, 2.75) is 32.6 Å². The van der Waals surface area contributed by atoms with Crippen LogP contribution in [-0.2, 0) is 4.79 Å². The number of hydrogen-bond acceptors (Lipinski definition) is 3.